The number of amides is 1. The van der Waals surface area contributed by atoms with Crippen LogP contribution in [0.15, 0.2) is 12.4 Å². The van der Waals surface area contributed by atoms with Crippen LogP contribution in [0.25, 0.3) is 0 Å². The minimum absolute atomic E-state index is 0.209. The van der Waals surface area contributed by atoms with Gasteiger partial charge < -0.3 is 9.47 Å². The molecule has 0 atom stereocenters. The number of rotatable bonds is 2. The summed E-state index contributed by atoms with van der Waals surface area (Å²) in [6, 6.07) is 1.93. The lowest BCUT2D eigenvalue weighted by Gasteiger charge is -2.20. The van der Waals surface area contributed by atoms with E-state index in [1.807, 2.05) is 6.07 Å². The van der Waals surface area contributed by atoms with E-state index >= 15 is 0 Å². The zero-order chi connectivity index (χ0) is 13.8. The molecule has 1 heterocycles. The van der Waals surface area contributed by atoms with Gasteiger partial charge in [0.05, 0.1) is 18.9 Å². The molecule has 18 heavy (non-hydrogen) atoms. The van der Waals surface area contributed by atoms with Gasteiger partial charge in [0.25, 0.3) is 0 Å². The molecule has 0 spiro atoms. The number of methoxy groups -OCH3 is 1. The highest BCUT2D eigenvalue weighted by Gasteiger charge is 2.19. The highest BCUT2D eigenvalue weighted by atomic mass is 16.6. The molecule has 1 amide bonds. The smallest absolute Gasteiger partial charge is 0.412 e. The molecule has 0 fully saturated rings. The molecule has 1 aromatic rings. The van der Waals surface area contributed by atoms with Gasteiger partial charge in [0.15, 0.2) is 5.75 Å². The SMILES string of the molecule is COc1cncc(C#N)c1NC(=O)OC(C)(C)C. The molecule has 0 bridgehead atoms. The van der Waals surface area contributed by atoms with Gasteiger partial charge >= 0.3 is 6.09 Å². The lowest BCUT2D eigenvalue weighted by molar-refractivity contribution is 0.0635. The monoisotopic (exact) mass is 249 g/mol. The number of aromatic nitrogens is 1. The summed E-state index contributed by atoms with van der Waals surface area (Å²) in [6.45, 7) is 5.25. The van der Waals surface area contributed by atoms with Crippen molar-refractivity contribution in [2.75, 3.05) is 12.4 Å². The van der Waals surface area contributed by atoms with Crippen molar-refractivity contribution in [2.45, 2.75) is 26.4 Å². The number of nitrogens with zero attached hydrogens (tertiary/aromatic N) is 2. The number of nitrogens with one attached hydrogen (secondary N) is 1. The highest BCUT2D eigenvalue weighted by molar-refractivity contribution is 5.89. The van der Waals surface area contributed by atoms with Crippen molar-refractivity contribution in [3.8, 4) is 11.8 Å². The Bertz CT molecular complexity index is 486. The standard InChI is InChI=1S/C12H15N3O3/c1-12(2,3)18-11(16)15-10-8(5-13)6-14-7-9(10)17-4/h6-7H,1-4H3,(H,14,15,16). The largest absolute Gasteiger partial charge is 0.493 e. The van der Waals surface area contributed by atoms with E-state index in [1.54, 1.807) is 20.8 Å². The molecule has 0 aliphatic rings. The summed E-state index contributed by atoms with van der Waals surface area (Å²) >= 11 is 0. The molecule has 1 aromatic heterocycles. The molecule has 0 saturated carbocycles. The molecular formula is C12H15N3O3. The second-order valence-electron chi connectivity index (χ2n) is 4.50. The van der Waals surface area contributed by atoms with Gasteiger partial charge in [-0.3, -0.25) is 10.3 Å². The molecule has 96 valence electrons. The van der Waals surface area contributed by atoms with Gasteiger partial charge in [-0.2, -0.15) is 5.26 Å². The summed E-state index contributed by atoms with van der Waals surface area (Å²) < 4.78 is 10.1. The van der Waals surface area contributed by atoms with Crippen LogP contribution in [0, 0.1) is 11.3 Å². The number of carbonyl (C=O) groups is 1. The Morgan fingerprint density at radius 3 is 2.61 bits per heavy atom. The van der Waals surface area contributed by atoms with Crippen LogP contribution < -0.4 is 10.1 Å². The van der Waals surface area contributed by atoms with E-state index in [9.17, 15) is 4.79 Å². The number of carbonyl (C=O) groups excluding carboxylic acids is 1. The van der Waals surface area contributed by atoms with Gasteiger partial charge in [0.1, 0.15) is 17.4 Å². The van der Waals surface area contributed by atoms with Crippen LogP contribution in [0.1, 0.15) is 26.3 Å². The first kappa shape index (κ1) is 13.8. The molecule has 0 radical (unpaired) electrons. The minimum Gasteiger partial charge on any atom is -0.493 e. The fraction of sp³-hybridized carbons (Fsp3) is 0.417. The molecule has 0 aliphatic carbocycles. The summed E-state index contributed by atoms with van der Waals surface area (Å²) in [5.74, 6) is 0.305. The summed E-state index contributed by atoms with van der Waals surface area (Å²) in [5, 5.41) is 11.4. The van der Waals surface area contributed by atoms with Crippen LogP contribution in [0.3, 0.4) is 0 Å². The molecule has 1 N–H and O–H groups in total. The van der Waals surface area contributed by atoms with Crippen molar-refractivity contribution in [3.63, 3.8) is 0 Å². The number of nitriles is 1. The van der Waals surface area contributed by atoms with E-state index < -0.39 is 11.7 Å². The summed E-state index contributed by atoms with van der Waals surface area (Å²) in [5.41, 5.74) is -0.151. The third kappa shape index (κ3) is 3.63. The summed E-state index contributed by atoms with van der Waals surface area (Å²) in [4.78, 5) is 15.5. The molecule has 0 saturated heterocycles. The first-order chi connectivity index (χ1) is 8.37. The fourth-order valence-corrected chi connectivity index (χ4v) is 1.22. The second-order valence-corrected chi connectivity index (χ2v) is 4.50. The molecule has 0 unspecified atom stereocenters. The molecule has 0 aliphatic heterocycles. The lowest BCUT2D eigenvalue weighted by atomic mass is 10.2. The van der Waals surface area contributed by atoms with Gasteiger partial charge in [0.2, 0.25) is 0 Å². The van der Waals surface area contributed by atoms with Crippen molar-refractivity contribution < 1.29 is 14.3 Å². The number of hydrogen-bond donors (Lipinski definition) is 1. The van der Waals surface area contributed by atoms with Crippen molar-refractivity contribution in [3.05, 3.63) is 18.0 Å². The van der Waals surface area contributed by atoms with Crippen LogP contribution in [-0.2, 0) is 4.74 Å². The van der Waals surface area contributed by atoms with E-state index in [-0.39, 0.29) is 11.3 Å². The molecular weight excluding hydrogens is 234 g/mol. The maximum Gasteiger partial charge on any atom is 0.412 e. The van der Waals surface area contributed by atoms with Crippen molar-refractivity contribution in [1.29, 1.82) is 5.26 Å². The number of ether oxygens (including phenoxy) is 2. The van der Waals surface area contributed by atoms with Crippen LogP contribution >= 0.6 is 0 Å². The quantitative estimate of drug-likeness (QED) is 0.869. The zero-order valence-electron chi connectivity index (χ0n) is 10.8. The van der Waals surface area contributed by atoms with E-state index in [1.165, 1.54) is 19.5 Å². The van der Waals surface area contributed by atoms with E-state index in [0.717, 1.165) is 0 Å². The van der Waals surface area contributed by atoms with Crippen molar-refractivity contribution in [1.82, 2.24) is 4.98 Å². The van der Waals surface area contributed by atoms with Crippen LogP contribution in [0.5, 0.6) is 5.75 Å². The summed E-state index contributed by atoms with van der Waals surface area (Å²) in [6.07, 6.45) is 2.10. The molecule has 6 nitrogen and oxygen atoms in total. The van der Waals surface area contributed by atoms with Crippen LogP contribution in [-0.4, -0.2) is 23.8 Å². The number of hydrogen-bond acceptors (Lipinski definition) is 5. The lowest BCUT2D eigenvalue weighted by Crippen LogP contribution is -2.27. The Morgan fingerprint density at radius 2 is 2.11 bits per heavy atom. The zero-order valence-corrected chi connectivity index (χ0v) is 10.8. The Kier molecular flexibility index (Phi) is 4.10. The normalized spacial score (nSPS) is 10.4. The third-order valence-corrected chi connectivity index (χ3v) is 1.88. The Balaban J connectivity index is 2.97. The van der Waals surface area contributed by atoms with Crippen molar-refractivity contribution >= 4 is 11.8 Å². The van der Waals surface area contributed by atoms with E-state index in [4.69, 9.17) is 14.7 Å². The Hall–Kier alpha value is -2.29. The fourth-order valence-electron chi connectivity index (χ4n) is 1.22. The molecule has 1 rings (SSSR count). The predicted octanol–water partition coefficient (Wildman–Crippen LogP) is 2.31. The second kappa shape index (κ2) is 5.36. The molecule has 6 heteroatoms. The first-order valence-electron chi connectivity index (χ1n) is 5.29. The first-order valence-corrected chi connectivity index (χ1v) is 5.29. The van der Waals surface area contributed by atoms with E-state index in [2.05, 4.69) is 10.3 Å². The Labute approximate surface area is 106 Å². The predicted molar refractivity (Wildman–Crippen MR) is 65.4 cm³/mol. The average Bonchev–Trinajstić information content (AvgIpc) is 2.26. The Morgan fingerprint density at radius 1 is 1.44 bits per heavy atom. The number of pyridine rings is 1. The van der Waals surface area contributed by atoms with Gasteiger partial charge in [-0.25, -0.2) is 4.79 Å². The minimum atomic E-state index is -0.650. The highest BCUT2D eigenvalue weighted by Crippen LogP contribution is 2.27. The van der Waals surface area contributed by atoms with Gasteiger partial charge in [-0.1, -0.05) is 0 Å². The van der Waals surface area contributed by atoms with Gasteiger partial charge in [-0.05, 0) is 20.8 Å². The van der Waals surface area contributed by atoms with Crippen LogP contribution in [0.2, 0.25) is 0 Å². The number of anilines is 1. The summed E-state index contributed by atoms with van der Waals surface area (Å²) in [7, 11) is 1.43. The average molecular weight is 249 g/mol. The topological polar surface area (TPSA) is 84.2 Å². The van der Waals surface area contributed by atoms with Crippen LogP contribution in [0.4, 0.5) is 10.5 Å². The third-order valence-electron chi connectivity index (χ3n) is 1.88. The van der Waals surface area contributed by atoms with E-state index in [0.29, 0.717) is 5.75 Å². The maximum absolute atomic E-state index is 11.6. The van der Waals surface area contributed by atoms with Crippen molar-refractivity contribution in [2.24, 2.45) is 0 Å². The molecule has 0 aromatic carbocycles. The van der Waals surface area contributed by atoms with Gasteiger partial charge in [-0.15, -0.1) is 0 Å². The maximum atomic E-state index is 11.6. The van der Waals surface area contributed by atoms with Gasteiger partial charge in [0, 0.05) is 6.20 Å².